The summed E-state index contributed by atoms with van der Waals surface area (Å²) in [6.07, 6.45) is 3.81. The van der Waals surface area contributed by atoms with Crippen molar-refractivity contribution < 1.29 is 0 Å². The van der Waals surface area contributed by atoms with Gasteiger partial charge in [0.1, 0.15) is 0 Å². The van der Waals surface area contributed by atoms with Crippen molar-refractivity contribution in [1.82, 2.24) is 0 Å². The maximum Gasteiger partial charge on any atom is 0.0948 e. The van der Waals surface area contributed by atoms with E-state index in [9.17, 15) is 0 Å². The first kappa shape index (κ1) is 9.87. The summed E-state index contributed by atoms with van der Waals surface area (Å²) in [6.45, 7) is 11.4. The van der Waals surface area contributed by atoms with Gasteiger partial charge in [0.25, 0.3) is 0 Å². The summed E-state index contributed by atoms with van der Waals surface area (Å²) >= 11 is 0. The molecular weight excluding hydrogens is 120 g/mol. The molecule has 0 bridgehead atoms. The second-order valence-corrected chi connectivity index (χ2v) is 4.19. The molecule has 0 radical (unpaired) electrons. The Labute approximate surface area is 66.0 Å². The maximum atomic E-state index is 2.30. The predicted octanol–water partition coefficient (Wildman–Crippen LogP) is 3.82. The van der Waals surface area contributed by atoms with E-state index >= 15 is 0 Å². The summed E-state index contributed by atoms with van der Waals surface area (Å²) in [5, 5.41) is 0. The summed E-state index contributed by atoms with van der Waals surface area (Å²) in [5.41, 5.74) is 0.487. The maximum absolute atomic E-state index is 2.30. The van der Waals surface area contributed by atoms with Crippen LogP contribution in [0.5, 0.6) is 0 Å². The molecule has 10 heavy (non-hydrogen) atoms. The van der Waals surface area contributed by atoms with Crippen LogP contribution in [-0.2, 0) is 0 Å². The van der Waals surface area contributed by atoms with Crippen LogP contribution in [-0.4, -0.2) is 0 Å². The Morgan fingerprint density at radius 2 is 1.40 bits per heavy atom. The highest BCUT2D eigenvalue weighted by Crippen LogP contribution is 2.29. The molecule has 0 saturated heterocycles. The molecule has 0 heteroatoms. The summed E-state index contributed by atoms with van der Waals surface area (Å²) < 4.78 is 0. The second kappa shape index (κ2) is 3.90. The fourth-order valence-corrected chi connectivity index (χ4v) is 1.25. The zero-order chi connectivity index (χ0) is 8.20. The monoisotopic (exact) mass is 141 g/mol. The molecule has 0 nitrogen and oxygen atoms in total. The molecule has 0 atom stereocenters. The van der Waals surface area contributed by atoms with E-state index in [0.29, 0.717) is 5.41 Å². The third-order valence-electron chi connectivity index (χ3n) is 1.78. The molecule has 0 aliphatic heterocycles. The number of hydrogen-bond acceptors (Lipinski definition) is 0. The van der Waals surface area contributed by atoms with E-state index in [4.69, 9.17) is 0 Å². The van der Waals surface area contributed by atoms with Crippen LogP contribution in [0.25, 0.3) is 0 Å². The molecule has 0 aromatic heterocycles. The lowest BCUT2D eigenvalue weighted by molar-refractivity contribution is 0.374. The minimum absolute atomic E-state index is 0.487. The molecule has 0 amide bonds. The first-order valence-corrected chi connectivity index (χ1v) is 4.33. The zero-order valence-corrected chi connectivity index (χ0v) is 8.12. The van der Waals surface area contributed by atoms with Gasteiger partial charge in [-0.15, -0.1) is 0 Å². The van der Waals surface area contributed by atoms with Crippen LogP contribution in [0, 0.1) is 11.3 Å². The molecular formula is C10H21+. The van der Waals surface area contributed by atoms with Crippen molar-refractivity contribution >= 4 is 0 Å². The Bertz CT molecular complexity index is 72.5. The largest absolute Gasteiger partial charge is 0.0948 e. The highest BCUT2D eigenvalue weighted by molar-refractivity contribution is 4.90. The average Bonchev–Trinajstić information content (AvgIpc) is 1.81. The van der Waals surface area contributed by atoms with Gasteiger partial charge < -0.3 is 0 Å². The van der Waals surface area contributed by atoms with Gasteiger partial charge in [-0.05, 0) is 13.8 Å². The van der Waals surface area contributed by atoms with E-state index in [1.807, 2.05) is 0 Å². The van der Waals surface area contributed by atoms with E-state index in [0.717, 1.165) is 0 Å². The van der Waals surface area contributed by atoms with Crippen LogP contribution in [0.3, 0.4) is 0 Å². The van der Waals surface area contributed by atoms with Crippen LogP contribution < -0.4 is 0 Å². The molecule has 0 aliphatic carbocycles. The van der Waals surface area contributed by atoms with Crippen LogP contribution >= 0.6 is 0 Å². The van der Waals surface area contributed by atoms with Gasteiger partial charge >= 0.3 is 0 Å². The third kappa shape index (κ3) is 4.72. The number of hydrogen-bond donors (Lipinski definition) is 0. The van der Waals surface area contributed by atoms with Crippen molar-refractivity contribution in [2.75, 3.05) is 0 Å². The summed E-state index contributed by atoms with van der Waals surface area (Å²) in [6, 6.07) is 0. The standard InChI is InChI=1S/C10H21/c1-6-9(7-2)8-10(3,4)5/h6-8H2,1-5H3/q+1. The Kier molecular flexibility index (Phi) is 3.85. The van der Waals surface area contributed by atoms with Gasteiger partial charge in [0.05, 0.1) is 25.2 Å². The molecule has 0 aromatic carbocycles. The molecule has 0 rings (SSSR count). The van der Waals surface area contributed by atoms with Crippen LogP contribution in [0.15, 0.2) is 0 Å². The fraction of sp³-hybridized carbons (Fsp3) is 0.900. The lowest BCUT2D eigenvalue weighted by Gasteiger charge is -2.16. The first-order chi connectivity index (χ1) is 4.49. The van der Waals surface area contributed by atoms with Crippen molar-refractivity contribution in [1.29, 1.82) is 0 Å². The fourth-order valence-electron chi connectivity index (χ4n) is 1.25. The van der Waals surface area contributed by atoms with Gasteiger partial charge in [-0.2, -0.15) is 0 Å². The lowest BCUT2D eigenvalue weighted by Crippen LogP contribution is -2.10. The van der Waals surface area contributed by atoms with Crippen molar-refractivity contribution in [2.24, 2.45) is 5.41 Å². The van der Waals surface area contributed by atoms with Gasteiger partial charge in [-0.25, -0.2) is 0 Å². The van der Waals surface area contributed by atoms with Crippen molar-refractivity contribution in [2.45, 2.75) is 53.9 Å². The third-order valence-corrected chi connectivity index (χ3v) is 1.78. The molecule has 0 aliphatic rings. The van der Waals surface area contributed by atoms with Crippen LogP contribution in [0.2, 0.25) is 0 Å². The quantitative estimate of drug-likeness (QED) is 0.524. The van der Waals surface area contributed by atoms with Crippen LogP contribution in [0.4, 0.5) is 0 Å². The highest BCUT2D eigenvalue weighted by Gasteiger charge is 2.23. The Hall–Kier alpha value is -0.130. The Morgan fingerprint density at radius 1 is 1.00 bits per heavy atom. The smallest absolute Gasteiger partial charge is 0.0561 e. The van der Waals surface area contributed by atoms with Gasteiger partial charge in [-0.3, -0.25) is 0 Å². The topological polar surface area (TPSA) is 0 Å². The molecule has 60 valence electrons. The number of rotatable bonds is 3. The van der Waals surface area contributed by atoms with Gasteiger partial charge in [-0.1, -0.05) is 20.8 Å². The molecule has 0 saturated carbocycles. The minimum atomic E-state index is 0.487. The van der Waals surface area contributed by atoms with E-state index in [2.05, 4.69) is 34.6 Å². The van der Waals surface area contributed by atoms with E-state index in [1.165, 1.54) is 19.3 Å². The summed E-state index contributed by atoms with van der Waals surface area (Å²) in [7, 11) is 0. The van der Waals surface area contributed by atoms with E-state index < -0.39 is 0 Å². The van der Waals surface area contributed by atoms with Crippen LogP contribution in [0.1, 0.15) is 53.9 Å². The first-order valence-electron chi connectivity index (χ1n) is 4.33. The zero-order valence-electron chi connectivity index (χ0n) is 8.12. The van der Waals surface area contributed by atoms with E-state index in [1.54, 1.807) is 5.92 Å². The van der Waals surface area contributed by atoms with Gasteiger partial charge in [0.15, 0.2) is 0 Å². The SMILES string of the molecule is CC[C+](CC)CC(C)(C)C. The molecule has 0 fully saturated rings. The Balaban J connectivity index is 3.63. The summed E-state index contributed by atoms with van der Waals surface area (Å²) in [4.78, 5) is 0. The molecule has 0 heterocycles. The highest BCUT2D eigenvalue weighted by atomic mass is 14.2. The lowest BCUT2D eigenvalue weighted by atomic mass is 9.82. The minimum Gasteiger partial charge on any atom is -0.0561 e. The van der Waals surface area contributed by atoms with Crippen molar-refractivity contribution in [3.63, 3.8) is 0 Å². The van der Waals surface area contributed by atoms with Gasteiger partial charge in [0, 0.05) is 5.41 Å². The summed E-state index contributed by atoms with van der Waals surface area (Å²) in [5.74, 6) is 1.70. The normalized spacial score (nSPS) is 11.7. The van der Waals surface area contributed by atoms with Gasteiger partial charge in [0.2, 0.25) is 0 Å². The Morgan fingerprint density at radius 3 is 1.50 bits per heavy atom. The van der Waals surface area contributed by atoms with Crippen molar-refractivity contribution in [3.05, 3.63) is 5.92 Å². The average molecular weight is 141 g/mol. The molecule has 0 aromatic rings. The molecule has 0 unspecified atom stereocenters. The predicted molar refractivity (Wildman–Crippen MR) is 47.9 cm³/mol. The second-order valence-electron chi connectivity index (χ2n) is 4.19. The molecule has 0 N–H and O–H groups in total. The van der Waals surface area contributed by atoms with Crippen molar-refractivity contribution in [3.8, 4) is 0 Å². The molecule has 0 spiro atoms. The van der Waals surface area contributed by atoms with E-state index in [-0.39, 0.29) is 0 Å².